The van der Waals surface area contributed by atoms with Crippen LogP contribution in [0.1, 0.15) is 29.5 Å². The van der Waals surface area contributed by atoms with Gasteiger partial charge in [0.05, 0.1) is 5.39 Å². The van der Waals surface area contributed by atoms with Gasteiger partial charge in [-0.2, -0.15) is 0 Å². The number of aryl methyl sites for hydroxylation is 2. The first-order valence-electron chi connectivity index (χ1n) is 8.49. The molecule has 7 nitrogen and oxygen atoms in total. The molecule has 7 heteroatoms. The molecule has 0 spiro atoms. The van der Waals surface area contributed by atoms with Crippen molar-refractivity contribution in [1.82, 2.24) is 4.90 Å². The Morgan fingerprint density at radius 3 is 2.69 bits per heavy atom. The Morgan fingerprint density at radius 2 is 2.00 bits per heavy atom. The third kappa shape index (κ3) is 3.16. The fraction of sp³-hybridized carbons (Fsp3) is 0.421. The maximum absolute atomic E-state index is 12.4. The summed E-state index contributed by atoms with van der Waals surface area (Å²) in [7, 11) is 0. The predicted octanol–water partition coefficient (Wildman–Crippen LogP) is 2.17. The lowest BCUT2D eigenvalue weighted by Gasteiger charge is -2.21. The van der Waals surface area contributed by atoms with Crippen molar-refractivity contribution in [3.63, 3.8) is 0 Å². The number of hydrogen-bond acceptors (Lipinski definition) is 5. The number of likely N-dealkylation sites (tertiary alicyclic amines) is 1. The second kappa shape index (κ2) is 6.82. The van der Waals surface area contributed by atoms with Crippen LogP contribution in [-0.4, -0.2) is 41.1 Å². The minimum atomic E-state index is -0.995. The van der Waals surface area contributed by atoms with E-state index in [1.165, 1.54) is 4.90 Å². The summed E-state index contributed by atoms with van der Waals surface area (Å²) in [6.07, 6.45) is 1.12. The van der Waals surface area contributed by atoms with Gasteiger partial charge in [0.15, 0.2) is 6.61 Å². The number of fused-ring (bicyclic) bond motifs is 1. The predicted molar refractivity (Wildman–Crippen MR) is 94.6 cm³/mol. The Morgan fingerprint density at radius 1 is 1.27 bits per heavy atom. The summed E-state index contributed by atoms with van der Waals surface area (Å²) >= 11 is 0. The Kier molecular flexibility index (Phi) is 4.71. The second-order valence-electron chi connectivity index (χ2n) is 6.65. The first-order valence-corrected chi connectivity index (χ1v) is 8.49. The van der Waals surface area contributed by atoms with E-state index in [0.717, 1.165) is 11.1 Å². The highest BCUT2D eigenvalue weighted by Crippen LogP contribution is 2.31. The van der Waals surface area contributed by atoms with Gasteiger partial charge >= 0.3 is 11.6 Å². The highest BCUT2D eigenvalue weighted by molar-refractivity contribution is 5.89. The van der Waals surface area contributed by atoms with Crippen molar-refractivity contribution >= 4 is 22.8 Å². The van der Waals surface area contributed by atoms with E-state index in [2.05, 4.69) is 0 Å². The number of carbonyl (C=O) groups is 2. The molecule has 0 radical (unpaired) electrons. The number of hydrogen-bond donors (Lipinski definition) is 1. The highest BCUT2D eigenvalue weighted by atomic mass is 16.5. The van der Waals surface area contributed by atoms with E-state index >= 15 is 0 Å². The minimum Gasteiger partial charge on any atom is -0.483 e. The average Bonchev–Trinajstić information content (AvgIpc) is 3.07. The lowest BCUT2D eigenvalue weighted by molar-refractivity contribution is -0.148. The molecular formula is C19H21NO6. The number of benzene rings is 1. The van der Waals surface area contributed by atoms with Crippen molar-refractivity contribution in [2.24, 2.45) is 0 Å². The SMILES string of the molecule is Cc1cc(OCC(=O)N2CCC[C@@H]2C(=O)O)c2c(C)c(C)c(=O)oc2c1. The number of ether oxygens (including phenoxy) is 1. The van der Waals surface area contributed by atoms with Gasteiger partial charge in [0, 0.05) is 12.1 Å². The fourth-order valence-corrected chi connectivity index (χ4v) is 3.35. The van der Waals surface area contributed by atoms with Crippen LogP contribution < -0.4 is 10.4 Å². The van der Waals surface area contributed by atoms with Gasteiger partial charge < -0.3 is 19.2 Å². The summed E-state index contributed by atoms with van der Waals surface area (Å²) in [4.78, 5) is 36.9. The highest BCUT2D eigenvalue weighted by Gasteiger charge is 2.34. The van der Waals surface area contributed by atoms with Gasteiger partial charge in [0.2, 0.25) is 0 Å². The lowest BCUT2D eigenvalue weighted by atomic mass is 10.0. The van der Waals surface area contributed by atoms with Crippen LogP contribution in [0.5, 0.6) is 5.75 Å². The quantitative estimate of drug-likeness (QED) is 0.841. The number of aliphatic carboxylic acids is 1. The zero-order chi connectivity index (χ0) is 19.0. The Hall–Kier alpha value is -2.83. The monoisotopic (exact) mass is 359 g/mol. The molecule has 26 heavy (non-hydrogen) atoms. The van der Waals surface area contributed by atoms with Crippen molar-refractivity contribution in [2.75, 3.05) is 13.2 Å². The van der Waals surface area contributed by atoms with Crippen molar-refractivity contribution in [1.29, 1.82) is 0 Å². The molecule has 1 N–H and O–H groups in total. The first-order chi connectivity index (χ1) is 12.3. The molecule has 1 amide bonds. The van der Waals surface area contributed by atoms with Crippen molar-refractivity contribution < 1.29 is 23.8 Å². The van der Waals surface area contributed by atoms with E-state index < -0.39 is 17.6 Å². The first kappa shape index (κ1) is 18.0. The molecular weight excluding hydrogens is 338 g/mol. The number of carboxylic acid groups (broad SMARTS) is 1. The summed E-state index contributed by atoms with van der Waals surface area (Å²) in [5, 5.41) is 9.86. The molecule has 1 aliphatic heterocycles. The number of carboxylic acids is 1. The van der Waals surface area contributed by atoms with Crippen LogP contribution in [0.2, 0.25) is 0 Å². The largest absolute Gasteiger partial charge is 0.483 e. The van der Waals surface area contributed by atoms with Gasteiger partial charge in [-0.3, -0.25) is 4.79 Å². The zero-order valence-corrected chi connectivity index (χ0v) is 15.0. The van der Waals surface area contributed by atoms with Gasteiger partial charge in [0.25, 0.3) is 5.91 Å². The molecule has 2 heterocycles. The van der Waals surface area contributed by atoms with Gasteiger partial charge in [-0.15, -0.1) is 0 Å². The summed E-state index contributed by atoms with van der Waals surface area (Å²) in [5.41, 5.74) is 2.07. The lowest BCUT2D eigenvalue weighted by Crippen LogP contribution is -2.42. The smallest absolute Gasteiger partial charge is 0.339 e. The number of rotatable bonds is 4. The molecule has 1 aliphatic rings. The molecule has 138 valence electrons. The number of carbonyl (C=O) groups excluding carboxylic acids is 1. The van der Waals surface area contributed by atoms with Gasteiger partial charge in [-0.25, -0.2) is 9.59 Å². The summed E-state index contributed by atoms with van der Waals surface area (Å²) in [6.45, 7) is 5.47. The topological polar surface area (TPSA) is 97.0 Å². The maximum atomic E-state index is 12.4. The van der Waals surface area contributed by atoms with Crippen LogP contribution in [-0.2, 0) is 9.59 Å². The molecule has 1 saturated heterocycles. The van der Waals surface area contributed by atoms with Crippen LogP contribution in [0.25, 0.3) is 11.0 Å². The Labute approximate surface area is 150 Å². The summed E-state index contributed by atoms with van der Waals surface area (Å²) in [5.74, 6) is -0.912. The number of amides is 1. The molecule has 3 rings (SSSR count). The average molecular weight is 359 g/mol. The summed E-state index contributed by atoms with van der Waals surface area (Å²) in [6, 6.07) is 2.74. The van der Waals surface area contributed by atoms with E-state index in [4.69, 9.17) is 9.15 Å². The molecule has 2 aromatic rings. The van der Waals surface area contributed by atoms with Crippen LogP contribution in [0.3, 0.4) is 0 Å². The molecule has 1 aromatic heterocycles. The Bertz CT molecular complexity index is 945. The Balaban J connectivity index is 1.89. The van der Waals surface area contributed by atoms with E-state index in [0.29, 0.717) is 41.7 Å². The van der Waals surface area contributed by atoms with Crippen molar-refractivity contribution in [3.05, 3.63) is 39.2 Å². The third-order valence-corrected chi connectivity index (χ3v) is 4.87. The molecule has 1 aromatic carbocycles. The third-order valence-electron chi connectivity index (χ3n) is 4.87. The maximum Gasteiger partial charge on any atom is 0.339 e. The zero-order valence-electron chi connectivity index (χ0n) is 15.0. The number of nitrogens with zero attached hydrogens (tertiary/aromatic N) is 1. The molecule has 0 saturated carbocycles. The normalized spacial score (nSPS) is 16.9. The van der Waals surface area contributed by atoms with Gasteiger partial charge in [0.1, 0.15) is 17.4 Å². The van der Waals surface area contributed by atoms with Crippen LogP contribution >= 0.6 is 0 Å². The van der Waals surface area contributed by atoms with E-state index in [-0.39, 0.29) is 12.5 Å². The van der Waals surface area contributed by atoms with E-state index in [1.54, 1.807) is 26.0 Å². The van der Waals surface area contributed by atoms with Crippen LogP contribution in [0.4, 0.5) is 0 Å². The van der Waals surface area contributed by atoms with Gasteiger partial charge in [-0.1, -0.05) is 0 Å². The summed E-state index contributed by atoms with van der Waals surface area (Å²) < 4.78 is 11.1. The van der Waals surface area contributed by atoms with Gasteiger partial charge in [-0.05, 0) is 56.9 Å². The van der Waals surface area contributed by atoms with E-state index in [9.17, 15) is 19.5 Å². The molecule has 1 fully saturated rings. The van der Waals surface area contributed by atoms with Crippen LogP contribution in [0.15, 0.2) is 21.3 Å². The minimum absolute atomic E-state index is 0.264. The van der Waals surface area contributed by atoms with E-state index in [1.807, 2.05) is 6.92 Å². The van der Waals surface area contributed by atoms with Crippen molar-refractivity contribution in [2.45, 2.75) is 39.7 Å². The molecule has 1 atom stereocenters. The second-order valence-corrected chi connectivity index (χ2v) is 6.65. The van der Waals surface area contributed by atoms with Crippen LogP contribution in [0, 0.1) is 20.8 Å². The van der Waals surface area contributed by atoms with Crippen molar-refractivity contribution in [3.8, 4) is 5.75 Å². The standard InChI is InChI=1S/C19H21NO6/c1-10-7-14(17-11(2)12(3)19(24)26-15(17)8-10)25-9-16(21)20-6-4-5-13(20)18(22)23/h7-8,13H,4-6,9H2,1-3H3,(H,22,23)/t13-/m1/s1. The molecule has 0 unspecified atom stereocenters. The molecule has 0 bridgehead atoms. The molecule has 0 aliphatic carbocycles. The fourth-order valence-electron chi connectivity index (χ4n) is 3.35.